The molecule has 2 heterocycles. The van der Waals surface area contributed by atoms with Crippen molar-refractivity contribution in [1.29, 1.82) is 0 Å². The molecule has 4 N–H and O–H groups in total. The molecular weight excluding hydrogens is 482 g/mol. The van der Waals surface area contributed by atoms with Crippen LogP contribution in [0.2, 0.25) is 0 Å². The van der Waals surface area contributed by atoms with Crippen molar-refractivity contribution in [3.05, 3.63) is 82.7 Å². The summed E-state index contributed by atoms with van der Waals surface area (Å²) in [4.78, 5) is 48.9. The minimum absolute atomic E-state index is 0.0108. The normalized spacial score (nSPS) is 17.0. The largest absolute Gasteiger partial charge is 0.479 e. The van der Waals surface area contributed by atoms with Gasteiger partial charge in [-0.15, -0.1) is 11.3 Å². The fraction of sp³-hybridized carbons (Fsp3) is 0.231. The zero-order chi connectivity index (χ0) is 25.7. The number of hydrogen-bond donors (Lipinski definition) is 4. The highest BCUT2D eigenvalue weighted by molar-refractivity contribution is 7.13. The Balaban J connectivity index is 1.32. The first-order valence-electron chi connectivity index (χ1n) is 11.3. The third-order valence-electron chi connectivity index (χ3n) is 5.74. The predicted molar refractivity (Wildman–Crippen MR) is 133 cm³/mol. The van der Waals surface area contributed by atoms with Gasteiger partial charge in [-0.25, -0.2) is 4.79 Å². The molecule has 0 bridgehead atoms. The third kappa shape index (κ3) is 6.15. The van der Waals surface area contributed by atoms with Gasteiger partial charge in [0, 0.05) is 16.9 Å². The maximum absolute atomic E-state index is 13.1. The number of epoxide rings is 1. The Bertz CT molecular complexity index is 1280. The molecule has 1 unspecified atom stereocenters. The van der Waals surface area contributed by atoms with Crippen LogP contribution in [0.5, 0.6) is 0 Å². The Labute approximate surface area is 211 Å². The molecule has 3 amide bonds. The number of amides is 3. The number of hydrogen-bond acceptors (Lipinski definition) is 6. The number of thiophene rings is 1. The van der Waals surface area contributed by atoms with E-state index in [-0.39, 0.29) is 24.8 Å². The number of carboxylic acid groups (broad SMARTS) is 1. The van der Waals surface area contributed by atoms with Gasteiger partial charge in [-0.3, -0.25) is 25.2 Å². The van der Waals surface area contributed by atoms with Gasteiger partial charge in [-0.1, -0.05) is 42.5 Å². The van der Waals surface area contributed by atoms with Crippen molar-refractivity contribution in [3.8, 4) is 10.4 Å². The molecule has 3 atom stereocenters. The molecule has 1 aliphatic rings. The number of carbonyl (C=O) groups is 4. The zero-order valence-corrected chi connectivity index (χ0v) is 20.2. The summed E-state index contributed by atoms with van der Waals surface area (Å²) < 4.78 is 4.73. The van der Waals surface area contributed by atoms with E-state index >= 15 is 0 Å². The van der Waals surface area contributed by atoms with Crippen molar-refractivity contribution in [1.82, 2.24) is 16.2 Å². The van der Waals surface area contributed by atoms with Gasteiger partial charge >= 0.3 is 5.97 Å². The van der Waals surface area contributed by atoms with E-state index in [2.05, 4.69) is 28.3 Å². The van der Waals surface area contributed by atoms with E-state index in [0.717, 1.165) is 16.0 Å². The lowest BCUT2D eigenvalue weighted by molar-refractivity contribution is -0.138. The molecule has 1 aromatic heterocycles. The van der Waals surface area contributed by atoms with Crippen LogP contribution in [0, 0.1) is 0 Å². The summed E-state index contributed by atoms with van der Waals surface area (Å²) >= 11 is 1.65. The number of ether oxygens (including phenoxy) is 1. The Kier molecular flexibility index (Phi) is 7.77. The number of aliphatic carboxylic acids is 1. The third-order valence-corrected chi connectivity index (χ3v) is 6.66. The lowest BCUT2D eigenvalue weighted by atomic mass is 10.0. The number of benzene rings is 2. The molecule has 10 heteroatoms. The van der Waals surface area contributed by atoms with Crippen LogP contribution in [-0.2, 0) is 25.5 Å². The molecule has 186 valence electrons. The van der Waals surface area contributed by atoms with E-state index in [1.807, 2.05) is 36.6 Å². The smallest absolute Gasteiger partial charge is 0.336 e. The van der Waals surface area contributed by atoms with E-state index in [1.54, 1.807) is 35.6 Å². The highest BCUT2D eigenvalue weighted by Crippen LogP contribution is 2.27. The number of hydrazine groups is 1. The molecule has 3 aromatic rings. The summed E-state index contributed by atoms with van der Waals surface area (Å²) in [7, 11) is 0. The lowest BCUT2D eigenvalue weighted by Crippen LogP contribution is -2.44. The van der Waals surface area contributed by atoms with E-state index in [9.17, 15) is 19.2 Å². The molecule has 1 aliphatic heterocycles. The number of carbonyl (C=O) groups excluding carboxylic acids is 3. The van der Waals surface area contributed by atoms with E-state index in [1.165, 1.54) is 0 Å². The second-order valence-electron chi connectivity index (χ2n) is 8.31. The number of aryl methyl sites for hydroxylation is 1. The molecule has 1 fully saturated rings. The molecule has 1 saturated heterocycles. The first kappa shape index (κ1) is 25.1. The Morgan fingerprint density at radius 2 is 1.81 bits per heavy atom. The molecule has 0 saturated carbocycles. The standard InChI is InChI=1S/C26H25N3O6S/c1-15(17-7-4-8-18(14-17)20-10-5-13-36-20)27-24(31)19-9-3-2-6-16(19)11-12-21(30)28-29-25(32)22-23(35-22)26(33)34/h2-10,13-15,22-23H,11-12H2,1H3,(H,27,31)(H,28,30)(H,29,32)(H,33,34)/t15-,22?,23-/m1/s1. The van der Waals surface area contributed by atoms with Gasteiger partial charge in [0.05, 0.1) is 6.04 Å². The number of rotatable bonds is 9. The summed E-state index contributed by atoms with van der Waals surface area (Å²) in [5.74, 6) is -2.70. The van der Waals surface area contributed by atoms with E-state index in [0.29, 0.717) is 11.1 Å². The van der Waals surface area contributed by atoms with Crippen molar-refractivity contribution < 1.29 is 29.0 Å². The lowest BCUT2D eigenvalue weighted by Gasteiger charge is -2.17. The maximum Gasteiger partial charge on any atom is 0.336 e. The second-order valence-corrected chi connectivity index (χ2v) is 9.26. The molecule has 9 nitrogen and oxygen atoms in total. The molecule has 4 rings (SSSR count). The van der Waals surface area contributed by atoms with Crippen LogP contribution < -0.4 is 16.2 Å². The highest BCUT2D eigenvalue weighted by atomic mass is 32.1. The molecule has 36 heavy (non-hydrogen) atoms. The van der Waals surface area contributed by atoms with Gasteiger partial charge in [0.15, 0.2) is 12.2 Å². The summed E-state index contributed by atoms with van der Waals surface area (Å²) in [6.45, 7) is 1.92. The first-order valence-corrected chi connectivity index (χ1v) is 12.2. The van der Waals surface area contributed by atoms with Crippen molar-refractivity contribution in [3.63, 3.8) is 0 Å². The molecule has 0 radical (unpaired) electrons. The van der Waals surface area contributed by atoms with Gasteiger partial charge in [-0.2, -0.15) is 0 Å². The van der Waals surface area contributed by atoms with Crippen LogP contribution in [0.3, 0.4) is 0 Å². The quantitative estimate of drug-likeness (QED) is 0.260. The Morgan fingerprint density at radius 3 is 2.53 bits per heavy atom. The minimum atomic E-state index is -1.24. The van der Waals surface area contributed by atoms with Crippen LogP contribution in [0.1, 0.15) is 40.9 Å². The zero-order valence-electron chi connectivity index (χ0n) is 19.4. The highest BCUT2D eigenvalue weighted by Gasteiger charge is 2.50. The summed E-state index contributed by atoms with van der Waals surface area (Å²) in [5, 5.41) is 13.8. The molecule has 2 aromatic carbocycles. The van der Waals surface area contributed by atoms with Gasteiger partial charge in [-0.05, 0) is 53.6 Å². The van der Waals surface area contributed by atoms with Crippen molar-refractivity contribution >= 4 is 35.0 Å². The van der Waals surface area contributed by atoms with Crippen LogP contribution in [-0.4, -0.2) is 41.0 Å². The topological polar surface area (TPSA) is 137 Å². The average molecular weight is 508 g/mol. The Morgan fingerprint density at radius 1 is 1.00 bits per heavy atom. The fourth-order valence-electron chi connectivity index (χ4n) is 3.73. The SMILES string of the molecule is C[C@@H](NC(=O)c1ccccc1CCC(=O)NNC(=O)C1O[C@H]1C(=O)O)c1cccc(-c2cccs2)c1. The van der Waals surface area contributed by atoms with Crippen LogP contribution in [0.4, 0.5) is 0 Å². The average Bonchev–Trinajstić information content (AvgIpc) is 3.51. The van der Waals surface area contributed by atoms with Crippen molar-refractivity contribution in [2.45, 2.75) is 38.0 Å². The minimum Gasteiger partial charge on any atom is -0.479 e. The molecule has 0 aliphatic carbocycles. The fourth-order valence-corrected chi connectivity index (χ4v) is 4.46. The first-order chi connectivity index (χ1) is 17.3. The second kappa shape index (κ2) is 11.1. The number of nitrogens with one attached hydrogen (secondary N) is 3. The number of carboxylic acids is 1. The van der Waals surface area contributed by atoms with Gasteiger partial charge in [0.25, 0.3) is 11.8 Å². The molecule has 0 spiro atoms. The predicted octanol–water partition coefficient (Wildman–Crippen LogP) is 2.84. The Hall–Kier alpha value is -4.02. The van der Waals surface area contributed by atoms with Gasteiger partial charge in [0.1, 0.15) is 0 Å². The van der Waals surface area contributed by atoms with E-state index in [4.69, 9.17) is 9.84 Å². The summed E-state index contributed by atoms with van der Waals surface area (Å²) in [6, 6.07) is 18.9. The van der Waals surface area contributed by atoms with Crippen molar-refractivity contribution in [2.75, 3.05) is 0 Å². The summed E-state index contributed by atoms with van der Waals surface area (Å²) in [5.41, 5.74) is 7.62. The van der Waals surface area contributed by atoms with Crippen LogP contribution in [0.25, 0.3) is 10.4 Å². The van der Waals surface area contributed by atoms with Gasteiger partial charge < -0.3 is 15.2 Å². The van der Waals surface area contributed by atoms with Crippen LogP contribution >= 0.6 is 11.3 Å². The monoisotopic (exact) mass is 507 g/mol. The summed E-state index contributed by atoms with van der Waals surface area (Å²) in [6.07, 6.45) is -2.02. The van der Waals surface area contributed by atoms with E-state index < -0.39 is 30.0 Å². The van der Waals surface area contributed by atoms with Crippen molar-refractivity contribution in [2.24, 2.45) is 0 Å². The molecular formula is C26H25N3O6S. The maximum atomic E-state index is 13.1. The van der Waals surface area contributed by atoms with Gasteiger partial charge in [0.2, 0.25) is 5.91 Å². The van der Waals surface area contributed by atoms with Crippen LogP contribution in [0.15, 0.2) is 66.0 Å².